The molecule has 0 radical (unpaired) electrons. The van der Waals surface area contributed by atoms with Crippen LogP contribution in [0.25, 0.3) is 66.0 Å². The summed E-state index contributed by atoms with van der Waals surface area (Å²) in [5, 5.41) is 4.92. The molecule has 0 amide bonds. The van der Waals surface area contributed by atoms with Crippen LogP contribution >= 0.6 is 0 Å². The van der Waals surface area contributed by atoms with E-state index in [-0.39, 0.29) is 6.85 Å². The van der Waals surface area contributed by atoms with Gasteiger partial charge in [-0.1, -0.05) is 108 Å². The van der Waals surface area contributed by atoms with E-state index in [0.29, 0.717) is 0 Å². The van der Waals surface area contributed by atoms with Crippen molar-refractivity contribution in [2.75, 3.05) is 0 Å². The minimum Gasteiger partial charge on any atom is -0.457 e. The van der Waals surface area contributed by atoms with Crippen LogP contribution in [0.2, 0.25) is 0 Å². The Morgan fingerprint density at radius 2 is 1.31 bits per heavy atom. The van der Waals surface area contributed by atoms with Crippen molar-refractivity contribution in [2.24, 2.45) is 0 Å². The van der Waals surface area contributed by atoms with E-state index < -0.39 is 0 Å². The van der Waals surface area contributed by atoms with Gasteiger partial charge in [-0.2, -0.15) is 0 Å². The zero-order valence-electron chi connectivity index (χ0n) is 23.9. The van der Waals surface area contributed by atoms with Gasteiger partial charge in [0.2, 0.25) is 0 Å². The molecule has 2 nitrogen and oxygen atoms in total. The van der Waals surface area contributed by atoms with Crippen molar-refractivity contribution in [3.8, 4) is 22.3 Å². The van der Waals surface area contributed by atoms with E-state index in [1.807, 2.05) is 0 Å². The van der Waals surface area contributed by atoms with E-state index >= 15 is 0 Å². The van der Waals surface area contributed by atoms with Gasteiger partial charge in [-0.15, -0.1) is 0 Å². The quantitative estimate of drug-likeness (QED) is 0.201. The van der Waals surface area contributed by atoms with Crippen LogP contribution in [0.3, 0.4) is 0 Å². The maximum absolute atomic E-state index is 6.77. The molecule has 0 bridgehead atoms. The maximum atomic E-state index is 6.77. The molecule has 3 heterocycles. The number of aromatic nitrogens is 1. The molecule has 0 atom stereocenters. The van der Waals surface area contributed by atoms with Gasteiger partial charge in [0.05, 0.1) is 0 Å². The van der Waals surface area contributed by atoms with Crippen LogP contribution < -0.4 is 10.9 Å². The topological polar surface area (TPSA) is 18.1 Å². The number of para-hydroxylation sites is 2. The first-order valence-electron chi connectivity index (χ1n) is 14.7. The Balaban J connectivity index is 1.47. The van der Waals surface area contributed by atoms with E-state index in [2.05, 4.69) is 141 Å². The molecule has 42 heavy (non-hydrogen) atoms. The maximum Gasteiger partial charge on any atom is 0.333 e. The molecule has 0 spiro atoms. The highest BCUT2D eigenvalue weighted by molar-refractivity contribution is 6.89. The number of furan rings is 1. The number of hydrogen-bond donors (Lipinski definition) is 0. The summed E-state index contributed by atoms with van der Waals surface area (Å²) in [7, 11) is 0. The fourth-order valence-corrected chi connectivity index (χ4v) is 7.74. The van der Waals surface area contributed by atoms with Crippen LogP contribution in [0.4, 0.5) is 0 Å². The summed E-state index contributed by atoms with van der Waals surface area (Å²) in [4.78, 5) is 0. The number of rotatable bonds is 2. The third kappa shape index (κ3) is 3.11. The molecule has 0 saturated heterocycles. The van der Waals surface area contributed by atoms with Crippen LogP contribution in [-0.4, -0.2) is 11.3 Å². The number of benzene rings is 6. The first-order chi connectivity index (χ1) is 20.6. The van der Waals surface area contributed by atoms with Crippen LogP contribution in [0.15, 0.2) is 120 Å². The lowest BCUT2D eigenvalue weighted by molar-refractivity contribution is 0.671. The number of fused-ring (bicyclic) bond motifs is 9. The zero-order chi connectivity index (χ0) is 28.1. The second kappa shape index (κ2) is 8.50. The van der Waals surface area contributed by atoms with E-state index in [1.165, 1.54) is 82.4 Å². The van der Waals surface area contributed by atoms with Crippen LogP contribution in [0.5, 0.6) is 0 Å². The predicted molar refractivity (Wildman–Crippen MR) is 179 cm³/mol. The molecule has 1 aliphatic rings. The third-order valence-corrected chi connectivity index (χ3v) is 9.35. The Kier molecular flexibility index (Phi) is 4.79. The van der Waals surface area contributed by atoms with E-state index in [9.17, 15) is 0 Å². The van der Waals surface area contributed by atoms with Crippen LogP contribution in [0, 0.1) is 20.8 Å². The Hall–Kier alpha value is -5.02. The largest absolute Gasteiger partial charge is 0.457 e. The number of aryl methyl sites for hydroxylation is 3. The van der Waals surface area contributed by atoms with Crippen molar-refractivity contribution in [2.45, 2.75) is 20.8 Å². The Labute approximate surface area is 244 Å². The third-order valence-electron chi connectivity index (χ3n) is 9.35. The van der Waals surface area contributed by atoms with Gasteiger partial charge < -0.3 is 8.90 Å². The fourth-order valence-electron chi connectivity index (χ4n) is 7.74. The van der Waals surface area contributed by atoms with Crippen molar-refractivity contribution in [3.63, 3.8) is 0 Å². The smallest absolute Gasteiger partial charge is 0.333 e. The van der Waals surface area contributed by atoms with Gasteiger partial charge in [0.25, 0.3) is 0 Å². The van der Waals surface area contributed by atoms with Gasteiger partial charge in [0, 0.05) is 43.6 Å². The minimum atomic E-state index is -0.0256. The normalized spacial score (nSPS) is 12.6. The first-order valence-corrected chi connectivity index (χ1v) is 14.7. The Morgan fingerprint density at radius 1 is 0.548 bits per heavy atom. The minimum absolute atomic E-state index is 0.0256. The molecule has 3 heteroatoms. The highest BCUT2D eigenvalue weighted by Gasteiger charge is 2.38. The average molecular weight is 537 g/mol. The van der Waals surface area contributed by atoms with Crippen molar-refractivity contribution >= 4 is 61.5 Å². The molecular weight excluding hydrogens is 509 g/mol. The molecule has 6 aromatic carbocycles. The van der Waals surface area contributed by atoms with Gasteiger partial charge in [-0.3, -0.25) is 0 Å². The highest BCUT2D eigenvalue weighted by atomic mass is 16.3. The van der Waals surface area contributed by atoms with E-state index in [4.69, 9.17) is 4.42 Å². The van der Waals surface area contributed by atoms with Crippen LogP contribution in [0.1, 0.15) is 16.7 Å². The molecule has 1 aliphatic heterocycles. The van der Waals surface area contributed by atoms with Gasteiger partial charge in [-0.05, 0) is 67.2 Å². The molecule has 0 fully saturated rings. The first kappa shape index (κ1) is 23.7. The standard InChI is InChI=1S/C39H28BNO/c1-23-20-24(2)36(25(3)21-23)40-37-29(17-18-32-28-12-7-8-15-35(28)42-39(32)37)30-13-9-14-31-33-22-27(26-10-5-4-6-11-26)16-19-34(33)41(40)38(30)31/h4-22H,1-3H3. The molecule has 198 valence electrons. The lowest BCUT2D eigenvalue weighted by Gasteiger charge is -2.29. The molecule has 0 saturated carbocycles. The van der Waals surface area contributed by atoms with E-state index in [0.717, 1.165) is 11.2 Å². The van der Waals surface area contributed by atoms with Gasteiger partial charge in [-0.25, -0.2) is 0 Å². The summed E-state index contributed by atoms with van der Waals surface area (Å²) >= 11 is 0. The van der Waals surface area contributed by atoms with Crippen molar-refractivity contribution < 1.29 is 4.42 Å². The van der Waals surface area contributed by atoms with Gasteiger partial charge >= 0.3 is 6.85 Å². The Bertz CT molecular complexity index is 2370. The SMILES string of the molecule is Cc1cc(C)c(B2c3c(ccc4c3oc3ccccc34)-c3cccc4c5cc(-c6ccccc6)ccc5n2c34)c(C)c1. The highest BCUT2D eigenvalue weighted by Crippen LogP contribution is 2.42. The summed E-state index contributed by atoms with van der Waals surface area (Å²) in [6, 6.07) is 42.2. The Morgan fingerprint density at radius 3 is 2.14 bits per heavy atom. The number of hydrogen-bond acceptors (Lipinski definition) is 1. The fraction of sp³-hybridized carbons (Fsp3) is 0.0769. The summed E-state index contributed by atoms with van der Waals surface area (Å²) in [5.74, 6) is 0. The molecule has 2 aromatic heterocycles. The lowest BCUT2D eigenvalue weighted by atomic mass is 9.45. The van der Waals surface area contributed by atoms with E-state index in [1.54, 1.807) is 0 Å². The zero-order valence-corrected chi connectivity index (χ0v) is 23.9. The molecule has 9 rings (SSSR count). The summed E-state index contributed by atoms with van der Waals surface area (Å²) in [6.07, 6.45) is 0. The van der Waals surface area contributed by atoms with Gasteiger partial charge in [0.15, 0.2) is 0 Å². The van der Waals surface area contributed by atoms with Crippen molar-refractivity contribution in [3.05, 3.63) is 132 Å². The van der Waals surface area contributed by atoms with Gasteiger partial charge in [0.1, 0.15) is 11.2 Å². The van der Waals surface area contributed by atoms with Crippen molar-refractivity contribution in [1.82, 2.24) is 4.48 Å². The predicted octanol–water partition coefficient (Wildman–Crippen LogP) is 8.92. The molecular formula is C39H28BNO. The molecule has 0 unspecified atom stereocenters. The lowest BCUT2D eigenvalue weighted by Crippen LogP contribution is -2.53. The summed E-state index contributed by atoms with van der Waals surface area (Å²) in [5.41, 5.74) is 16.0. The average Bonchev–Trinajstić information content (AvgIpc) is 3.55. The summed E-state index contributed by atoms with van der Waals surface area (Å²) in [6.45, 7) is 6.71. The molecule has 0 aliphatic carbocycles. The molecule has 8 aromatic rings. The summed E-state index contributed by atoms with van der Waals surface area (Å²) < 4.78 is 9.37. The second-order valence-electron chi connectivity index (χ2n) is 11.9. The van der Waals surface area contributed by atoms with Crippen molar-refractivity contribution in [1.29, 1.82) is 0 Å². The molecule has 0 N–H and O–H groups in total. The second-order valence-corrected chi connectivity index (χ2v) is 11.9. The monoisotopic (exact) mass is 537 g/mol. The van der Waals surface area contributed by atoms with Crippen LogP contribution in [-0.2, 0) is 0 Å². The number of nitrogens with zero attached hydrogens (tertiary/aromatic N) is 1.